The van der Waals surface area contributed by atoms with Crippen LogP contribution in [-0.2, 0) is 4.79 Å². The molecule has 1 aliphatic heterocycles. The molecule has 0 spiro atoms. The number of aromatic nitrogens is 2. The van der Waals surface area contributed by atoms with E-state index in [4.69, 9.17) is 4.74 Å². The lowest BCUT2D eigenvalue weighted by Gasteiger charge is -2.25. The number of rotatable bonds is 5. The second kappa shape index (κ2) is 10.1. The average molecular weight is 523 g/mol. The number of hydrogen-bond acceptors (Lipinski definition) is 5. The summed E-state index contributed by atoms with van der Waals surface area (Å²) in [5.41, 5.74) is 1.78. The molecular formula is C30H23FN4O4. The van der Waals surface area contributed by atoms with Crippen molar-refractivity contribution in [2.45, 2.75) is 25.7 Å². The molecule has 1 unspecified atom stereocenters. The van der Waals surface area contributed by atoms with E-state index >= 15 is 0 Å². The van der Waals surface area contributed by atoms with Crippen LogP contribution in [0.5, 0.6) is 11.5 Å². The van der Waals surface area contributed by atoms with Gasteiger partial charge in [0.1, 0.15) is 22.9 Å². The molecule has 0 radical (unpaired) electrons. The first-order chi connectivity index (χ1) is 19.0. The van der Waals surface area contributed by atoms with Crippen molar-refractivity contribution in [3.63, 3.8) is 0 Å². The smallest absolute Gasteiger partial charge is 0.267 e. The standard InChI is InChI=1S/C30H23FN4O4/c31-18-7-11-20(12-8-18)35-17-3-6-24(30(35)38)29(37)33-19-9-13-21(14-10-19)39-25-15-16-32-27-26(25)22-4-1-2-5-23(22)28(36)34-27/h3,6-17,23H,1-2,4-5H2,(H,33,37). The van der Waals surface area contributed by atoms with Crippen LogP contribution in [0.3, 0.4) is 0 Å². The first kappa shape index (κ1) is 24.4. The second-order valence-electron chi connectivity index (χ2n) is 9.44. The third-order valence-electron chi connectivity index (χ3n) is 6.97. The maximum absolute atomic E-state index is 13.3. The molecule has 0 saturated heterocycles. The van der Waals surface area contributed by atoms with Gasteiger partial charge in [-0.05, 0) is 91.6 Å². The summed E-state index contributed by atoms with van der Waals surface area (Å²) in [6.07, 6.45) is 6.70. The van der Waals surface area contributed by atoms with E-state index in [0.29, 0.717) is 28.4 Å². The Morgan fingerprint density at radius 3 is 2.59 bits per heavy atom. The van der Waals surface area contributed by atoms with Crippen LogP contribution in [0.15, 0.2) is 88.9 Å². The minimum atomic E-state index is -0.570. The summed E-state index contributed by atoms with van der Waals surface area (Å²) in [5.74, 6) is -0.214. The minimum absolute atomic E-state index is 0.0528. The molecule has 2 aliphatic rings. The van der Waals surface area contributed by atoms with E-state index in [1.54, 1.807) is 42.6 Å². The van der Waals surface area contributed by atoms with Crippen molar-refractivity contribution in [3.8, 4) is 17.2 Å². The fraction of sp³-hybridized carbons (Fsp3) is 0.167. The second-order valence-corrected chi connectivity index (χ2v) is 9.44. The van der Waals surface area contributed by atoms with Gasteiger partial charge < -0.3 is 10.1 Å². The van der Waals surface area contributed by atoms with E-state index in [9.17, 15) is 18.8 Å². The summed E-state index contributed by atoms with van der Waals surface area (Å²) in [5, 5.41) is 3.53. The first-order valence-corrected chi connectivity index (χ1v) is 12.7. The van der Waals surface area contributed by atoms with E-state index < -0.39 is 17.3 Å². The molecule has 2 aromatic carbocycles. The van der Waals surface area contributed by atoms with Gasteiger partial charge in [0, 0.05) is 23.8 Å². The molecule has 2 amide bonds. The van der Waals surface area contributed by atoms with Gasteiger partial charge >= 0.3 is 0 Å². The number of hydrogen-bond donors (Lipinski definition) is 1. The summed E-state index contributed by atoms with van der Waals surface area (Å²) in [6.45, 7) is 0. The molecule has 1 saturated carbocycles. The molecule has 194 valence electrons. The summed E-state index contributed by atoms with van der Waals surface area (Å²) >= 11 is 0. The number of nitrogens with zero attached hydrogens (tertiary/aromatic N) is 3. The van der Waals surface area contributed by atoms with Crippen molar-refractivity contribution in [1.82, 2.24) is 9.55 Å². The van der Waals surface area contributed by atoms with Gasteiger partial charge in [-0.15, -0.1) is 0 Å². The first-order valence-electron chi connectivity index (χ1n) is 12.7. The van der Waals surface area contributed by atoms with Gasteiger partial charge in [0.2, 0.25) is 0 Å². The summed E-state index contributed by atoms with van der Waals surface area (Å²) in [4.78, 5) is 46.8. The van der Waals surface area contributed by atoms with Crippen molar-refractivity contribution < 1.29 is 18.7 Å². The highest BCUT2D eigenvalue weighted by Gasteiger charge is 2.30. The fourth-order valence-electron chi connectivity index (χ4n) is 5.08. The molecule has 1 aliphatic carbocycles. The minimum Gasteiger partial charge on any atom is -0.457 e. The van der Waals surface area contributed by atoms with E-state index in [2.05, 4.69) is 15.3 Å². The highest BCUT2D eigenvalue weighted by atomic mass is 19.1. The van der Waals surface area contributed by atoms with Gasteiger partial charge in [0.05, 0.1) is 11.1 Å². The van der Waals surface area contributed by atoms with E-state index in [1.807, 2.05) is 0 Å². The number of halogens is 1. The Bertz CT molecular complexity index is 1780. The Hall–Kier alpha value is -4.92. The zero-order valence-electron chi connectivity index (χ0n) is 20.8. The molecule has 39 heavy (non-hydrogen) atoms. The van der Waals surface area contributed by atoms with E-state index in [0.717, 1.165) is 36.5 Å². The predicted molar refractivity (Wildman–Crippen MR) is 142 cm³/mol. The van der Waals surface area contributed by atoms with Crippen LogP contribution in [0.2, 0.25) is 0 Å². The van der Waals surface area contributed by atoms with Gasteiger partial charge in [0.15, 0.2) is 5.49 Å². The van der Waals surface area contributed by atoms with Crippen LogP contribution in [0.1, 0.15) is 36.0 Å². The quantitative estimate of drug-likeness (QED) is 0.428. The molecular weight excluding hydrogens is 499 g/mol. The molecule has 9 heteroatoms. The predicted octanol–water partition coefficient (Wildman–Crippen LogP) is 3.92. The number of carbonyl (C=O) groups excluding carboxylic acids is 2. The monoisotopic (exact) mass is 522 g/mol. The van der Waals surface area contributed by atoms with Crippen LogP contribution in [0, 0.1) is 11.7 Å². The van der Waals surface area contributed by atoms with Crippen molar-refractivity contribution in [1.29, 1.82) is 0 Å². The maximum atomic E-state index is 13.3. The third-order valence-corrected chi connectivity index (χ3v) is 6.97. The largest absolute Gasteiger partial charge is 0.457 e. The number of benzene rings is 2. The molecule has 1 atom stereocenters. The van der Waals surface area contributed by atoms with Gasteiger partial charge in [0.25, 0.3) is 17.4 Å². The molecule has 2 aromatic heterocycles. The topological polar surface area (TPSA) is 103 Å². The number of anilines is 1. The molecule has 0 bridgehead atoms. The molecule has 8 nitrogen and oxygen atoms in total. The van der Waals surface area contributed by atoms with E-state index in [-0.39, 0.29) is 17.4 Å². The maximum Gasteiger partial charge on any atom is 0.267 e. The Labute approximate surface area is 222 Å². The van der Waals surface area contributed by atoms with Crippen molar-refractivity contribution in [3.05, 3.63) is 112 Å². The molecule has 1 fully saturated rings. The normalized spacial score (nSPS) is 16.1. The molecule has 1 N–H and O–H groups in total. The summed E-state index contributed by atoms with van der Waals surface area (Å²) < 4.78 is 20.7. The lowest BCUT2D eigenvalue weighted by molar-refractivity contribution is -0.120. The van der Waals surface area contributed by atoms with Crippen molar-refractivity contribution in [2.75, 3.05) is 5.32 Å². The van der Waals surface area contributed by atoms with Gasteiger partial charge in [-0.3, -0.25) is 19.0 Å². The Balaban J connectivity index is 1.23. The van der Waals surface area contributed by atoms with Gasteiger partial charge in [-0.2, -0.15) is 4.99 Å². The Morgan fingerprint density at radius 1 is 1.00 bits per heavy atom. The van der Waals surface area contributed by atoms with Crippen LogP contribution >= 0.6 is 0 Å². The number of ether oxygens (including phenoxy) is 1. The van der Waals surface area contributed by atoms with Crippen LogP contribution in [0.4, 0.5) is 10.1 Å². The van der Waals surface area contributed by atoms with Gasteiger partial charge in [-0.1, -0.05) is 6.42 Å². The number of nitrogens with one attached hydrogen (secondary N) is 1. The Kier molecular flexibility index (Phi) is 6.32. The fourth-order valence-corrected chi connectivity index (χ4v) is 5.08. The van der Waals surface area contributed by atoms with Crippen molar-refractivity contribution in [2.24, 2.45) is 10.9 Å². The number of pyridine rings is 2. The lowest BCUT2D eigenvalue weighted by Crippen LogP contribution is -2.41. The lowest BCUT2D eigenvalue weighted by atomic mass is 9.81. The number of fused-ring (bicyclic) bond motifs is 2. The highest BCUT2D eigenvalue weighted by molar-refractivity contribution is 6.04. The SMILES string of the molecule is O=C(Nc1ccc(Oc2ccnc3c2=C2CCCCC2C(=O)N=3)cc1)c1cccn(-c2ccc(F)cc2)c1=O. The highest BCUT2D eigenvalue weighted by Crippen LogP contribution is 2.32. The van der Waals surface area contributed by atoms with Crippen molar-refractivity contribution >= 4 is 23.1 Å². The van der Waals surface area contributed by atoms with Crippen LogP contribution < -0.4 is 26.3 Å². The third kappa shape index (κ3) is 4.74. The summed E-state index contributed by atoms with van der Waals surface area (Å²) in [7, 11) is 0. The number of carbonyl (C=O) groups is 2. The Morgan fingerprint density at radius 2 is 1.79 bits per heavy atom. The van der Waals surface area contributed by atoms with E-state index in [1.165, 1.54) is 41.1 Å². The summed E-state index contributed by atoms with van der Waals surface area (Å²) in [6, 6.07) is 17.0. The molecule has 6 rings (SSSR count). The molecule has 4 aromatic rings. The van der Waals surface area contributed by atoms with Crippen LogP contribution in [-0.4, -0.2) is 21.4 Å². The zero-order chi connectivity index (χ0) is 26.9. The zero-order valence-corrected chi connectivity index (χ0v) is 20.8. The molecule has 3 heterocycles. The van der Waals surface area contributed by atoms with Gasteiger partial charge in [-0.25, -0.2) is 9.37 Å². The average Bonchev–Trinajstić information content (AvgIpc) is 2.95. The number of amides is 2. The van der Waals surface area contributed by atoms with Crippen LogP contribution in [0.25, 0.3) is 11.3 Å².